The predicted molar refractivity (Wildman–Crippen MR) is 87.7 cm³/mol. The van der Waals surface area contributed by atoms with Gasteiger partial charge < -0.3 is 14.0 Å². The van der Waals surface area contributed by atoms with Gasteiger partial charge in [0.15, 0.2) is 5.82 Å². The molecule has 2 aliphatic heterocycles. The third-order valence-electron chi connectivity index (χ3n) is 5.03. The summed E-state index contributed by atoms with van der Waals surface area (Å²) in [7, 11) is 1.70. The zero-order valence-electron chi connectivity index (χ0n) is 14.1. The highest BCUT2D eigenvalue weighted by Gasteiger charge is 2.41. The topological polar surface area (TPSA) is 60.6 Å². The highest BCUT2D eigenvalue weighted by atomic mass is 16.5. The number of aromatic nitrogens is 2. The lowest BCUT2D eigenvalue weighted by atomic mass is 9.98. The molecule has 128 valence electrons. The molecule has 0 saturated carbocycles. The quantitative estimate of drug-likeness (QED) is 0.859. The van der Waals surface area contributed by atoms with Crippen molar-refractivity contribution >= 4 is 0 Å². The van der Waals surface area contributed by atoms with Gasteiger partial charge in [0, 0.05) is 19.1 Å². The number of ether oxygens (including phenoxy) is 2. The average molecular weight is 329 g/mol. The van der Waals surface area contributed by atoms with Crippen LogP contribution in [-0.4, -0.2) is 40.8 Å². The lowest BCUT2D eigenvalue weighted by molar-refractivity contribution is -0.0831. The molecule has 0 bridgehead atoms. The maximum Gasteiger partial charge on any atom is 0.255 e. The first-order chi connectivity index (χ1) is 11.7. The third kappa shape index (κ3) is 3.03. The highest BCUT2D eigenvalue weighted by Crippen LogP contribution is 2.38. The van der Waals surface area contributed by atoms with Crippen molar-refractivity contribution in [1.82, 2.24) is 15.0 Å². The van der Waals surface area contributed by atoms with E-state index in [2.05, 4.69) is 27.2 Å². The summed E-state index contributed by atoms with van der Waals surface area (Å²) in [5, 5.41) is 3.88. The summed E-state index contributed by atoms with van der Waals surface area (Å²) in [6.07, 6.45) is 3.31. The van der Waals surface area contributed by atoms with Gasteiger partial charge in [-0.2, -0.15) is 4.98 Å². The first-order valence-electron chi connectivity index (χ1n) is 8.55. The average Bonchev–Trinajstić information content (AvgIpc) is 3.22. The summed E-state index contributed by atoms with van der Waals surface area (Å²) in [5.74, 6) is 2.19. The van der Waals surface area contributed by atoms with Crippen LogP contribution in [0.25, 0.3) is 0 Å². The molecule has 3 atom stereocenters. The van der Waals surface area contributed by atoms with E-state index in [1.54, 1.807) is 7.11 Å². The van der Waals surface area contributed by atoms with Crippen molar-refractivity contribution in [3.05, 3.63) is 41.5 Å². The van der Waals surface area contributed by atoms with Crippen molar-refractivity contribution < 1.29 is 14.0 Å². The van der Waals surface area contributed by atoms with Crippen LogP contribution in [0.4, 0.5) is 0 Å². The zero-order chi connectivity index (χ0) is 16.5. The van der Waals surface area contributed by atoms with Crippen molar-refractivity contribution in [3.8, 4) is 5.75 Å². The van der Waals surface area contributed by atoms with E-state index in [-0.39, 0.29) is 12.2 Å². The monoisotopic (exact) mass is 329 g/mol. The van der Waals surface area contributed by atoms with Crippen LogP contribution in [0.15, 0.2) is 28.8 Å². The minimum atomic E-state index is -0.0478. The second-order valence-electron chi connectivity index (χ2n) is 6.59. The molecular weight excluding hydrogens is 306 g/mol. The number of rotatable bonds is 4. The number of hydrogen-bond donors (Lipinski definition) is 0. The normalized spacial score (nSPS) is 27.2. The lowest BCUT2D eigenvalue weighted by Gasteiger charge is -2.34. The fourth-order valence-electron chi connectivity index (χ4n) is 3.80. The van der Waals surface area contributed by atoms with Crippen molar-refractivity contribution in [2.75, 3.05) is 13.7 Å². The Kier molecular flexibility index (Phi) is 4.24. The van der Waals surface area contributed by atoms with Crippen molar-refractivity contribution in [2.45, 2.75) is 51.0 Å². The zero-order valence-corrected chi connectivity index (χ0v) is 14.1. The van der Waals surface area contributed by atoms with Gasteiger partial charge in [0.1, 0.15) is 11.9 Å². The second-order valence-corrected chi connectivity index (χ2v) is 6.59. The van der Waals surface area contributed by atoms with Gasteiger partial charge in [-0.3, -0.25) is 4.90 Å². The Morgan fingerprint density at radius 1 is 1.21 bits per heavy atom. The summed E-state index contributed by atoms with van der Waals surface area (Å²) in [5.41, 5.74) is 1.31. The van der Waals surface area contributed by atoms with Gasteiger partial charge >= 0.3 is 0 Å². The van der Waals surface area contributed by atoms with E-state index < -0.39 is 0 Å². The third-order valence-corrected chi connectivity index (χ3v) is 5.03. The summed E-state index contributed by atoms with van der Waals surface area (Å²) in [4.78, 5) is 6.85. The number of fused-ring (bicyclic) bond motifs is 1. The van der Waals surface area contributed by atoms with Gasteiger partial charge in [-0.15, -0.1) is 0 Å². The Morgan fingerprint density at radius 3 is 2.75 bits per heavy atom. The first kappa shape index (κ1) is 15.6. The smallest absolute Gasteiger partial charge is 0.255 e. The number of hydrogen-bond acceptors (Lipinski definition) is 6. The first-order valence-corrected chi connectivity index (χ1v) is 8.55. The maximum absolute atomic E-state index is 6.26. The van der Waals surface area contributed by atoms with Gasteiger partial charge in [0.25, 0.3) is 5.89 Å². The maximum atomic E-state index is 6.26. The molecule has 0 N–H and O–H groups in total. The van der Waals surface area contributed by atoms with E-state index in [4.69, 9.17) is 14.0 Å². The van der Waals surface area contributed by atoms with Crippen molar-refractivity contribution in [1.29, 1.82) is 0 Å². The van der Waals surface area contributed by atoms with Gasteiger partial charge in [-0.1, -0.05) is 17.3 Å². The fourth-order valence-corrected chi connectivity index (χ4v) is 3.80. The van der Waals surface area contributed by atoms with E-state index in [1.165, 1.54) is 5.56 Å². The van der Waals surface area contributed by atoms with Gasteiger partial charge in [0.05, 0.1) is 13.2 Å². The molecule has 24 heavy (non-hydrogen) atoms. The van der Waals surface area contributed by atoms with E-state index in [0.29, 0.717) is 17.8 Å². The van der Waals surface area contributed by atoms with Crippen molar-refractivity contribution in [3.63, 3.8) is 0 Å². The van der Waals surface area contributed by atoms with Crippen LogP contribution in [0.2, 0.25) is 0 Å². The molecule has 2 aromatic rings. The summed E-state index contributed by atoms with van der Waals surface area (Å²) in [6.45, 7) is 3.86. The van der Waals surface area contributed by atoms with E-state index in [9.17, 15) is 0 Å². The number of benzene rings is 1. The predicted octanol–water partition coefficient (Wildman–Crippen LogP) is 2.88. The number of likely N-dealkylation sites (tertiary alicyclic amines) is 1. The summed E-state index contributed by atoms with van der Waals surface area (Å²) >= 11 is 0. The minimum Gasteiger partial charge on any atom is -0.497 e. The molecule has 3 heterocycles. The molecule has 6 nitrogen and oxygen atoms in total. The van der Waals surface area contributed by atoms with Crippen LogP contribution in [0, 0.1) is 6.92 Å². The summed E-state index contributed by atoms with van der Waals surface area (Å²) < 4.78 is 16.8. The number of methoxy groups -OCH3 is 1. The number of aryl methyl sites for hydroxylation is 1. The van der Waals surface area contributed by atoms with Crippen LogP contribution in [0.3, 0.4) is 0 Å². The summed E-state index contributed by atoms with van der Waals surface area (Å²) in [6, 6.07) is 8.80. The molecule has 2 aliphatic rings. The molecule has 0 amide bonds. The molecule has 1 aromatic heterocycles. The standard InChI is InChI=1S/C18H23N3O3/c1-12-19-18(24-20-12)17-8-7-15-16(23-17)9-10-21(15)11-13-3-5-14(22-2)6-4-13/h3-6,15-17H,7-11H2,1-2H3/t15-,16-,17+/m1/s1. The van der Waals surface area contributed by atoms with E-state index in [0.717, 1.165) is 38.1 Å². The Balaban J connectivity index is 1.39. The van der Waals surface area contributed by atoms with Gasteiger partial charge in [0.2, 0.25) is 0 Å². The Hall–Kier alpha value is -1.92. The Morgan fingerprint density at radius 2 is 2.04 bits per heavy atom. The second kappa shape index (κ2) is 6.53. The fraction of sp³-hybridized carbons (Fsp3) is 0.556. The van der Waals surface area contributed by atoms with Gasteiger partial charge in [-0.05, 0) is 43.9 Å². The molecule has 6 heteroatoms. The molecule has 0 aliphatic carbocycles. The largest absolute Gasteiger partial charge is 0.497 e. The molecule has 1 aromatic carbocycles. The van der Waals surface area contributed by atoms with E-state index in [1.807, 2.05) is 19.1 Å². The van der Waals surface area contributed by atoms with Crippen LogP contribution >= 0.6 is 0 Å². The van der Waals surface area contributed by atoms with Crippen LogP contribution in [0.5, 0.6) is 5.75 Å². The molecule has 2 fully saturated rings. The van der Waals surface area contributed by atoms with Crippen LogP contribution in [0.1, 0.15) is 42.6 Å². The highest BCUT2D eigenvalue weighted by molar-refractivity contribution is 5.27. The lowest BCUT2D eigenvalue weighted by Crippen LogP contribution is -2.40. The number of nitrogens with zero attached hydrogens (tertiary/aromatic N) is 3. The Labute approximate surface area is 141 Å². The molecule has 0 radical (unpaired) electrons. The molecule has 0 spiro atoms. The van der Waals surface area contributed by atoms with Crippen LogP contribution < -0.4 is 4.74 Å². The van der Waals surface area contributed by atoms with E-state index >= 15 is 0 Å². The minimum absolute atomic E-state index is 0.0478. The SMILES string of the molecule is COc1ccc(CN2CC[C@H]3O[C@H](c4nc(C)no4)CC[C@H]32)cc1. The molecule has 4 rings (SSSR count). The Bertz CT molecular complexity index is 685. The molecule has 2 saturated heterocycles. The van der Waals surface area contributed by atoms with Crippen LogP contribution in [-0.2, 0) is 11.3 Å². The van der Waals surface area contributed by atoms with Crippen molar-refractivity contribution in [2.24, 2.45) is 0 Å². The molecule has 0 unspecified atom stereocenters. The van der Waals surface area contributed by atoms with Gasteiger partial charge in [-0.25, -0.2) is 0 Å². The molecular formula is C18H23N3O3.